The van der Waals surface area contributed by atoms with Gasteiger partial charge in [-0.15, -0.1) is 0 Å². The zero-order valence-corrected chi connectivity index (χ0v) is 11.5. The molecule has 2 aromatic carbocycles. The molecule has 1 N–H and O–H groups in total. The Morgan fingerprint density at radius 1 is 1.05 bits per heavy atom. The minimum Gasteiger partial charge on any atom is -0.496 e. The number of methoxy groups -OCH3 is 1. The molecule has 104 valence electrons. The molecule has 0 bridgehead atoms. The van der Waals surface area contributed by atoms with E-state index in [0.29, 0.717) is 11.4 Å². The van der Waals surface area contributed by atoms with E-state index in [1.54, 1.807) is 31.5 Å². The summed E-state index contributed by atoms with van der Waals surface area (Å²) in [6, 6.07) is 16.7. The highest BCUT2D eigenvalue weighted by molar-refractivity contribution is 6.09. The fourth-order valence-corrected chi connectivity index (χ4v) is 2.26. The summed E-state index contributed by atoms with van der Waals surface area (Å²) in [4.78, 5) is 16.3. The second-order valence-electron chi connectivity index (χ2n) is 4.53. The van der Waals surface area contributed by atoms with Crippen LogP contribution in [0.25, 0.3) is 10.8 Å². The first kappa shape index (κ1) is 13.1. The molecule has 0 saturated heterocycles. The maximum Gasteiger partial charge on any atom is 0.274 e. The molecule has 0 radical (unpaired) electrons. The predicted molar refractivity (Wildman–Crippen MR) is 82.7 cm³/mol. The Hall–Kier alpha value is -2.88. The summed E-state index contributed by atoms with van der Waals surface area (Å²) >= 11 is 0. The van der Waals surface area contributed by atoms with Crippen LogP contribution in [0, 0.1) is 0 Å². The number of pyridine rings is 1. The molecular weight excluding hydrogens is 264 g/mol. The van der Waals surface area contributed by atoms with E-state index in [-0.39, 0.29) is 5.91 Å². The Morgan fingerprint density at radius 3 is 2.57 bits per heavy atom. The molecule has 0 unspecified atom stereocenters. The van der Waals surface area contributed by atoms with Gasteiger partial charge in [-0.2, -0.15) is 0 Å². The molecule has 0 aliphatic rings. The van der Waals surface area contributed by atoms with Crippen molar-refractivity contribution in [3.8, 4) is 5.75 Å². The molecule has 0 saturated carbocycles. The largest absolute Gasteiger partial charge is 0.496 e. The van der Waals surface area contributed by atoms with Crippen molar-refractivity contribution < 1.29 is 9.53 Å². The van der Waals surface area contributed by atoms with Crippen LogP contribution in [0.2, 0.25) is 0 Å². The Balaban J connectivity index is 2.03. The van der Waals surface area contributed by atoms with Crippen LogP contribution in [0.15, 0.2) is 60.8 Å². The number of amides is 1. The Kier molecular flexibility index (Phi) is 3.51. The highest BCUT2D eigenvalue weighted by Gasteiger charge is 2.11. The Morgan fingerprint density at radius 2 is 1.86 bits per heavy atom. The highest BCUT2D eigenvalue weighted by Crippen LogP contribution is 2.32. The topological polar surface area (TPSA) is 51.2 Å². The Labute approximate surface area is 122 Å². The van der Waals surface area contributed by atoms with Gasteiger partial charge in [-0.1, -0.05) is 30.3 Å². The number of nitrogens with zero attached hydrogens (tertiary/aromatic N) is 1. The average Bonchev–Trinajstić information content (AvgIpc) is 2.55. The fraction of sp³-hybridized carbons (Fsp3) is 0.0588. The molecule has 1 aromatic heterocycles. The van der Waals surface area contributed by atoms with E-state index in [1.807, 2.05) is 36.4 Å². The number of ether oxygens (including phenoxy) is 1. The van der Waals surface area contributed by atoms with Crippen molar-refractivity contribution in [3.05, 3.63) is 66.5 Å². The lowest BCUT2D eigenvalue weighted by molar-refractivity contribution is 0.102. The maximum atomic E-state index is 12.2. The number of rotatable bonds is 3. The zero-order valence-electron chi connectivity index (χ0n) is 11.5. The number of hydrogen-bond acceptors (Lipinski definition) is 3. The van der Waals surface area contributed by atoms with Crippen molar-refractivity contribution >= 4 is 22.4 Å². The van der Waals surface area contributed by atoms with E-state index in [2.05, 4.69) is 10.3 Å². The second-order valence-corrected chi connectivity index (χ2v) is 4.53. The van der Waals surface area contributed by atoms with Crippen LogP contribution in [0.3, 0.4) is 0 Å². The number of nitrogens with one attached hydrogen (secondary N) is 1. The minimum atomic E-state index is -0.242. The SMILES string of the molecule is COc1cccc2cccc(NC(=O)c3ccccn3)c12. The fourth-order valence-electron chi connectivity index (χ4n) is 2.26. The first-order valence-corrected chi connectivity index (χ1v) is 6.58. The Bertz CT molecular complexity index is 780. The van der Waals surface area contributed by atoms with E-state index in [1.165, 1.54) is 0 Å². The number of carbonyl (C=O) groups is 1. The van der Waals surface area contributed by atoms with Crippen LogP contribution in [0.5, 0.6) is 5.75 Å². The summed E-state index contributed by atoms with van der Waals surface area (Å²) in [7, 11) is 1.62. The third-order valence-electron chi connectivity index (χ3n) is 3.23. The molecule has 1 amide bonds. The third kappa shape index (κ3) is 2.56. The van der Waals surface area contributed by atoms with Crippen molar-refractivity contribution in [1.82, 2.24) is 4.98 Å². The standard InChI is InChI=1S/C17H14N2O2/c1-21-15-10-5-7-12-6-4-9-13(16(12)15)19-17(20)14-8-2-3-11-18-14/h2-11H,1H3,(H,19,20). The molecule has 0 aliphatic carbocycles. The lowest BCUT2D eigenvalue weighted by Crippen LogP contribution is -2.13. The van der Waals surface area contributed by atoms with Crippen molar-refractivity contribution in [2.24, 2.45) is 0 Å². The van der Waals surface area contributed by atoms with Gasteiger partial charge in [-0.25, -0.2) is 0 Å². The number of hydrogen-bond donors (Lipinski definition) is 1. The maximum absolute atomic E-state index is 12.2. The summed E-state index contributed by atoms with van der Waals surface area (Å²) in [6.45, 7) is 0. The molecule has 4 nitrogen and oxygen atoms in total. The average molecular weight is 278 g/mol. The first-order valence-electron chi connectivity index (χ1n) is 6.58. The van der Waals surface area contributed by atoms with E-state index in [0.717, 1.165) is 16.5 Å². The van der Waals surface area contributed by atoms with Gasteiger partial charge in [0.1, 0.15) is 11.4 Å². The molecule has 0 atom stereocenters. The smallest absolute Gasteiger partial charge is 0.274 e. The second kappa shape index (κ2) is 5.63. The summed E-state index contributed by atoms with van der Waals surface area (Å²) in [5.74, 6) is 0.485. The molecule has 3 rings (SSSR count). The van der Waals surface area contributed by atoms with Crippen LogP contribution < -0.4 is 10.1 Å². The highest BCUT2D eigenvalue weighted by atomic mass is 16.5. The van der Waals surface area contributed by atoms with E-state index >= 15 is 0 Å². The van der Waals surface area contributed by atoms with Gasteiger partial charge in [0, 0.05) is 11.6 Å². The number of carbonyl (C=O) groups excluding carboxylic acids is 1. The van der Waals surface area contributed by atoms with Gasteiger partial charge < -0.3 is 10.1 Å². The number of fused-ring (bicyclic) bond motifs is 1. The monoisotopic (exact) mass is 278 g/mol. The molecule has 21 heavy (non-hydrogen) atoms. The van der Waals surface area contributed by atoms with Gasteiger partial charge >= 0.3 is 0 Å². The van der Waals surface area contributed by atoms with Gasteiger partial charge in [-0.3, -0.25) is 9.78 Å². The van der Waals surface area contributed by atoms with E-state index < -0.39 is 0 Å². The number of benzene rings is 2. The molecule has 0 spiro atoms. The van der Waals surface area contributed by atoms with Crippen LogP contribution in [0.4, 0.5) is 5.69 Å². The van der Waals surface area contributed by atoms with Gasteiger partial charge in [0.05, 0.1) is 12.8 Å². The summed E-state index contributed by atoms with van der Waals surface area (Å²) < 4.78 is 5.39. The summed E-state index contributed by atoms with van der Waals surface area (Å²) in [5.41, 5.74) is 1.09. The molecule has 0 fully saturated rings. The van der Waals surface area contributed by atoms with Crippen LogP contribution >= 0.6 is 0 Å². The van der Waals surface area contributed by atoms with Crippen LogP contribution in [0.1, 0.15) is 10.5 Å². The molecule has 4 heteroatoms. The lowest BCUT2D eigenvalue weighted by Gasteiger charge is -2.11. The summed E-state index contributed by atoms with van der Waals surface area (Å²) in [5, 5.41) is 4.78. The predicted octanol–water partition coefficient (Wildman–Crippen LogP) is 3.50. The first-order chi connectivity index (χ1) is 10.3. The van der Waals surface area contributed by atoms with Gasteiger partial charge in [0.15, 0.2) is 0 Å². The van der Waals surface area contributed by atoms with Crippen LogP contribution in [-0.2, 0) is 0 Å². The quantitative estimate of drug-likeness (QED) is 0.797. The minimum absolute atomic E-state index is 0.242. The van der Waals surface area contributed by atoms with Crippen LogP contribution in [-0.4, -0.2) is 18.0 Å². The number of anilines is 1. The number of aromatic nitrogens is 1. The van der Waals surface area contributed by atoms with Crippen molar-refractivity contribution in [1.29, 1.82) is 0 Å². The molecule has 1 heterocycles. The lowest BCUT2D eigenvalue weighted by atomic mass is 10.1. The molecular formula is C17H14N2O2. The van der Waals surface area contributed by atoms with Crippen molar-refractivity contribution in [2.75, 3.05) is 12.4 Å². The third-order valence-corrected chi connectivity index (χ3v) is 3.23. The van der Waals surface area contributed by atoms with Crippen molar-refractivity contribution in [3.63, 3.8) is 0 Å². The van der Waals surface area contributed by atoms with Gasteiger partial charge in [0.25, 0.3) is 5.91 Å². The molecule has 0 aliphatic heterocycles. The summed E-state index contributed by atoms with van der Waals surface area (Å²) in [6.07, 6.45) is 1.60. The van der Waals surface area contributed by atoms with E-state index in [9.17, 15) is 4.79 Å². The van der Waals surface area contributed by atoms with E-state index in [4.69, 9.17) is 4.74 Å². The molecule has 3 aromatic rings. The van der Waals surface area contributed by atoms with Gasteiger partial charge in [0.2, 0.25) is 0 Å². The van der Waals surface area contributed by atoms with Gasteiger partial charge in [-0.05, 0) is 29.7 Å². The normalized spacial score (nSPS) is 10.3. The van der Waals surface area contributed by atoms with Crippen molar-refractivity contribution in [2.45, 2.75) is 0 Å². The zero-order chi connectivity index (χ0) is 14.7.